The van der Waals surface area contributed by atoms with Gasteiger partial charge in [-0.3, -0.25) is 24.6 Å². The molecule has 21 heavy (non-hydrogen) atoms. The molecule has 6 nitrogen and oxygen atoms in total. The van der Waals surface area contributed by atoms with Gasteiger partial charge in [-0.1, -0.05) is 24.3 Å². The molecule has 1 saturated heterocycles. The Balaban J connectivity index is 1.82. The Morgan fingerprint density at radius 3 is 2.33 bits per heavy atom. The van der Waals surface area contributed by atoms with Gasteiger partial charge in [0.25, 0.3) is 5.69 Å². The third-order valence-corrected chi connectivity index (χ3v) is 4.06. The molecule has 0 radical (unpaired) electrons. The summed E-state index contributed by atoms with van der Waals surface area (Å²) in [5.41, 5.74) is 0.559. The first-order valence-electron chi connectivity index (χ1n) is 6.81. The summed E-state index contributed by atoms with van der Waals surface area (Å²) >= 11 is 0. The molecule has 0 N–H and O–H groups in total. The summed E-state index contributed by atoms with van der Waals surface area (Å²) in [7, 11) is 0. The summed E-state index contributed by atoms with van der Waals surface area (Å²) in [6.45, 7) is 0.104. The van der Waals surface area contributed by atoms with Crippen LogP contribution in [0.4, 0.5) is 5.69 Å². The summed E-state index contributed by atoms with van der Waals surface area (Å²) in [6, 6.07) is 6.04. The highest BCUT2D eigenvalue weighted by Crippen LogP contribution is 2.35. The highest BCUT2D eigenvalue weighted by atomic mass is 16.6. The second-order valence-electron chi connectivity index (χ2n) is 5.35. The van der Waals surface area contributed by atoms with Crippen molar-refractivity contribution in [2.45, 2.75) is 19.4 Å². The molecule has 3 rings (SSSR count). The largest absolute Gasteiger partial charge is 0.278 e. The lowest BCUT2D eigenvalue weighted by Crippen LogP contribution is -2.30. The minimum Gasteiger partial charge on any atom is -0.278 e. The molecule has 0 bridgehead atoms. The van der Waals surface area contributed by atoms with Crippen LogP contribution in [0.2, 0.25) is 0 Å². The standard InChI is InChI=1S/C15H14N2O4/c18-14-12-6-1-2-7-13(12)15(19)16(14)9-10-4-3-5-11(8-10)17(20)21/h1-5,8,12-13H,6-7,9H2/t12-,13-/m1/s1. The van der Waals surface area contributed by atoms with E-state index in [0.29, 0.717) is 18.4 Å². The molecule has 1 fully saturated rings. The molecule has 0 saturated carbocycles. The van der Waals surface area contributed by atoms with Crippen LogP contribution in [0.25, 0.3) is 0 Å². The third-order valence-electron chi connectivity index (χ3n) is 4.06. The van der Waals surface area contributed by atoms with Gasteiger partial charge in [0, 0.05) is 12.1 Å². The van der Waals surface area contributed by atoms with Gasteiger partial charge >= 0.3 is 0 Å². The zero-order valence-corrected chi connectivity index (χ0v) is 11.3. The van der Waals surface area contributed by atoms with Crippen LogP contribution in [-0.2, 0) is 16.1 Å². The highest BCUT2D eigenvalue weighted by Gasteiger charge is 2.46. The molecule has 108 valence electrons. The number of benzene rings is 1. The molecule has 1 aromatic rings. The molecule has 1 aliphatic carbocycles. The fourth-order valence-corrected chi connectivity index (χ4v) is 2.98. The maximum absolute atomic E-state index is 12.3. The van der Waals surface area contributed by atoms with Crippen molar-refractivity contribution in [1.82, 2.24) is 4.90 Å². The van der Waals surface area contributed by atoms with E-state index in [-0.39, 0.29) is 35.9 Å². The Morgan fingerprint density at radius 2 is 1.76 bits per heavy atom. The smallest absolute Gasteiger partial charge is 0.269 e. The zero-order chi connectivity index (χ0) is 15.0. The minimum atomic E-state index is -0.485. The second kappa shape index (κ2) is 5.12. The SMILES string of the molecule is O=C1[C@@H]2CC=CC[C@H]2C(=O)N1Cc1cccc([N+](=O)[O-])c1. The van der Waals surface area contributed by atoms with Crippen LogP contribution in [0.5, 0.6) is 0 Å². The normalized spacial score (nSPS) is 24.3. The summed E-state index contributed by atoms with van der Waals surface area (Å²) in [6.07, 6.45) is 5.06. The second-order valence-corrected chi connectivity index (χ2v) is 5.35. The van der Waals surface area contributed by atoms with E-state index in [1.54, 1.807) is 12.1 Å². The number of carbonyl (C=O) groups excluding carboxylic acids is 2. The average molecular weight is 286 g/mol. The van der Waals surface area contributed by atoms with Crippen LogP contribution in [0.1, 0.15) is 18.4 Å². The van der Waals surface area contributed by atoms with Crippen LogP contribution >= 0.6 is 0 Å². The van der Waals surface area contributed by atoms with Crippen molar-refractivity contribution in [1.29, 1.82) is 0 Å². The highest BCUT2D eigenvalue weighted by molar-refractivity contribution is 6.05. The van der Waals surface area contributed by atoms with Crippen LogP contribution in [0.15, 0.2) is 36.4 Å². The number of non-ortho nitro benzene ring substituents is 1. The quantitative estimate of drug-likeness (QED) is 0.368. The summed E-state index contributed by atoms with van der Waals surface area (Å²) < 4.78 is 0. The monoisotopic (exact) mass is 286 g/mol. The number of hydrogen-bond acceptors (Lipinski definition) is 4. The number of allylic oxidation sites excluding steroid dienone is 2. The maximum atomic E-state index is 12.3. The van der Waals surface area contributed by atoms with E-state index < -0.39 is 4.92 Å². The van der Waals surface area contributed by atoms with Gasteiger partial charge in [-0.2, -0.15) is 0 Å². The van der Waals surface area contributed by atoms with E-state index in [2.05, 4.69) is 0 Å². The molecule has 0 unspecified atom stereocenters. The molecule has 0 spiro atoms. The Kier molecular flexibility index (Phi) is 3.29. The molecular formula is C15H14N2O4. The molecule has 1 aromatic carbocycles. The first-order chi connectivity index (χ1) is 10.1. The molecule has 1 aliphatic heterocycles. The molecule has 6 heteroatoms. The van der Waals surface area contributed by atoms with E-state index >= 15 is 0 Å². The van der Waals surface area contributed by atoms with Gasteiger partial charge in [-0.05, 0) is 18.4 Å². The van der Waals surface area contributed by atoms with Crippen LogP contribution in [-0.4, -0.2) is 21.6 Å². The Bertz CT molecular complexity index is 627. The van der Waals surface area contributed by atoms with Crippen molar-refractivity contribution in [2.75, 3.05) is 0 Å². The molecule has 0 aromatic heterocycles. The number of likely N-dealkylation sites (tertiary alicyclic amines) is 1. The van der Waals surface area contributed by atoms with Gasteiger partial charge in [0.15, 0.2) is 0 Å². The minimum absolute atomic E-state index is 0.0364. The Morgan fingerprint density at radius 1 is 1.14 bits per heavy atom. The summed E-state index contributed by atoms with van der Waals surface area (Å²) in [5.74, 6) is -0.857. The molecular weight excluding hydrogens is 272 g/mol. The van der Waals surface area contributed by atoms with E-state index in [9.17, 15) is 19.7 Å². The Labute approximate surface area is 121 Å². The number of rotatable bonds is 3. The van der Waals surface area contributed by atoms with Crippen LogP contribution in [0.3, 0.4) is 0 Å². The summed E-state index contributed by atoms with van der Waals surface area (Å²) in [4.78, 5) is 36.1. The van der Waals surface area contributed by atoms with Crippen molar-refractivity contribution < 1.29 is 14.5 Å². The van der Waals surface area contributed by atoms with E-state index in [4.69, 9.17) is 0 Å². The van der Waals surface area contributed by atoms with Gasteiger partial charge < -0.3 is 0 Å². The van der Waals surface area contributed by atoms with E-state index in [1.807, 2.05) is 12.2 Å². The number of nitro groups is 1. The molecule has 2 atom stereocenters. The molecule has 2 amide bonds. The third kappa shape index (κ3) is 2.33. The van der Waals surface area contributed by atoms with Crippen LogP contribution < -0.4 is 0 Å². The molecule has 2 aliphatic rings. The van der Waals surface area contributed by atoms with Crippen LogP contribution in [0, 0.1) is 22.0 Å². The number of nitrogens with zero attached hydrogens (tertiary/aromatic N) is 2. The number of hydrogen-bond donors (Lipinski definition) is 0. The van der Waals surface area contributed by atoms with Crippen molar-refractivity contribution in [2.24, 2.45) is 11.8 Å². The van der Waals surface area contributed by atoms with Crippen molar-refractivity contribution in [3.63, 3.8) is 0 Å². The van der Waals surface area contributed by atoms with Crippen molar-refractivity contribution in [3.8, 4) is 0 Å². The van der Waals surface area contributed by atoms with Crippen molar-refractivity contribution in [3.05, 3.63) is 52.1 Å². The fourth-order valence-electron chi connectivity index (χ4n) is 2.98. The molecule has 1 heterocycles. The Hall–Kier alpha value is -2.50. The van der Waals surface area contributed by atoms with E-state index in [1.165, 1.54) is 17.0 Å². The average Bonchev–Trinajstić information content (AvgIpc) is 2.73. The first kappa shape index (κ1) is 13.5. The predicted octanol–water partition coefficient (Wildman–Crippen LogP) is 2.05. The summed E-state index contributed by atoms with van der Waals surface area (Å²) in [5, 5.41) is 10.8. The van der Waals surface area contributed by atoms with E-state index in [0.717, 1.165) is 0 Å². The lowest BCUT2D eigenvalue weighted by molar-refractivity contribution is -0.384. The number of amides is 2. The van der Waals surface area contributed by atoms with Gasteiger partial charge in [0.1, 0.15) is 0 Å². The maximum Gasteiger partial charge on any atom is 0.269 e. The number of imide groups is 1. The van der Waals surface area contributed by atoms with Gasteiger partial charge in [-0.15, -0.1) is 0 Å². The number of fused-ring (bicyclic) bond motifs is 1. The number of nitro benzene ring substituents is 1. The van der Waals surface area contributed by atoms with Crippen molar-refractivity contribution >= 4 is 17.5 Å². The van der Waals surface area contributed by atoms with Gasteiger partial charge in [0.2, 0.25) is 11.8 Å². The van der Waals surface area contributed by atoms with Gasteiger partial charge in [0.05, 0.1) is 23.3 Å². The first-order valence-corrected chi connectivity index (χ1v) is 6.81. The topological polar surface area (TPSA) is 80.5 Å². The lowest BCUT2D eigenvalue weighted by atomic mass is 9.85. The fraction of sp³-hybridized carbons (Fsp3) is 0.333. The number of carbonyl (C=O) groups is 2. The zero-order valence-electron chi connectivity index (χ0n) is 11.3. The lowest BCUT2D eigenvalue weighted by Gasteiger charge is -2.14. The van der Waals surface area contributed by atoms with Gasteiger partial charge in [-0.25, -0.2) is 0 Å². The predicted molar refractivity (Wildman–Crippen MR) is 74.0 cm³/mol.